The van der Waals surface area contributed by atoms with E-state index in [0.717, 1.165) is 18.4 Å². The summed E-state index contributed by atoms with van der Waals surface area (Å²) >= 11 is 0. The first-order valence-corrected chi connectivity index (χ1v) is 7.23. The van der Waals surface area contributed by atoms with Crippen LogP contribution in [0.2, 0.25) is 0 Å². The summed E-state index contributed by atoms with van der Waals surface area (Å²) in [5.41, 5.74) is 0.429. The monoisotopic (exact) mass is 295 g/mol. The summed E-state index contributed by atoms with van der Waals surface area (Å²) in [6.07, 6.45) is 1.87. The maximum atomic E-state index is 13.6. The number of methoxy groups -OCH3 is 1. The number of carbonyl (C=O) groups is 1. The third-order valence-electron chi connectivity index (χ3n) is 3.70. The molecule has 1 aliphatic carbocycles. The van der Waals surface area contributed by atoms with E-state index < -0.39 is 5.54 Å². The van der Waals surface area contributed by atoms with Crippen LogP contribution in [0.3, 0.4) is 0 Å². The predicted octanol–water partition coefficient (Wildman–Crippen LogP) is 2.90. The summed E-state index contributed by atoms with van der Waals surface area (Å²) in [6, 6.07) is 4.65. The smallest absolute Gasteiger partial charge is 0.334 e. The van der Waals surface area contributed by atoms with E-state index in [1.165, 1.54) is 12.1 Å². The number of ether oxygens (including phenoxy) is 2. The van der Waals surface area contributed by atoms with Crippen molar-refractivity contribution in [2.45, 2.75) is 32.2 Å². The second kappa shape index (κ2) is 6.43. The molecule has 1 atom stereocenters. The van der Waals surface area contributed by atoms with Crippen LogP contribution in [0.15, 0.2) is 18.2 Å². The number of aryl methyl sites for hydroxylation is 1. The Morgan fingerprint density at radius 1 is 1.43 bits per heavy atom. The number of hydrogen-bond donors (Lipinski definition) is 1. The van der Waals surface area contributed by atoms with Crippen molar-refractivity contribution in [3.8, 4) is 0 Å². The molecule has 1 aliphatic rings. The Labute approximate surface area is 124 Å². The fraction of sp³-hybridized carbons (Fsp3) is 0.562. The number of benzene rings is 1. The van der Waals surface area contributed by atoms with Crippen molar-refractivity contribution in [1.29, 1.82) is 0 Å². The highest BCUT2D eigenvalue weighted by molar-refractivity contribution is 5.86. The van der Waals surface area contributed by atoms with E-state index in [2.05, 4.69) is 5.32 Å². The van der Waals surface area contributed by atoms with Crippen LogP contribution >= 0.6 is 0 Å². The predicted molar refractivity (Wildman–Crippen MR) is 78.7 cm³/mol. The van der Waals surface area contributed by atoms with Gasteiger partial charge in [-0.05, 0) is 56.4 Å². The SMILES string of the molecule is CCOC(=O)C(COC)(Nc1cc(C)cc(F)c1)C1CC1. The minimum atomic E-state index is -0.939. The Kier molecular flexibility index (Phi) is 4.83. The number of hydrogen-bond acceptors (Lipinski definition) is 4. The molecule has 0 saturated heterocycles. The van der Waals surface area contributed by atoms with Crippen molar-refractivity contribution in [3.63, 3.8) is 0 Å². The zero-order valence-electron chi connectivity index (χ0n) is 12.7. The molecule has 1 N–H and O–H groups in total. The molecule has 0 radical (unpaired) electrons. The molecule has 0 amide bonds. The Hall–Kier alpha value is -1.62. The highest BCUT2D eigenvalue weighted by atomic mass is 19.1. The molecule has 1 aromatic carbocycles. The summed E-state index contributed by atoms with van der Waals surface area (Å²) < 4.78 is 24.0. The van der Waals surface area contributed by atoms with E-state index >= 15 is 0 Å². The first kappa shape index (κ1) is 15.8. The normalized spacial score (nSPS) is 17.1. The molecule has 0 spiro atoms. The summed E-state index contributed by atoms with van der Waals surface area (Å²) in [6.45, 7) is 4.09. The maximum absolute atomic E-state index is 13.6. The van der Waals surface area contributed by atoms with Crippen LogP contribution in [0, 0.1) is 18.7 Å². The molecule has 5 heteroatoms. The minimum absolute atomic E-state index is 0.153. The average molecular weight is 295 g/mol. The van der Waals surface area contributed by atoms with Crippen molar-refractivity contribution in [2.75, 3.05) is 25.6 Å². The molecule has 2 rings (SSSR count). The van der Waals surface area contributed by atoms with Gasteiger partial charge in [0.2, 0.25) is 0 Å². The number of halogens is 1. The first-order chi connectivity index (χ1) is 10.0. The van der Waals surface area contributed by atoms with Crippen molar-refractivity contribution in [1.82, 2.24) is 0 Å². The second-order valence-corrected chi connectivity index (χ2v) is 5.54. The topological polar surface area (TPSA) is 47.6 Å². The number of anilines is 1. The van der Waals surface area contributed by atoms with Crippen molar-refractivity contribution >= 4 is 11.7 Å². The molecule has 21 heavy (non-hydrogen) atoms. The van der Waals surface area contributed by atoms with Crippen LogP contribution in [-0.4, -0.2) is 31.8 Å². The third-order valence-corrected chi connectivity index (χ3v) is 3.70. The van der Waals surface area contributed by atoms with E-state index in [1.54, 1.807) is 14.0 Å². The van der Waals surface area contributed by atoms with Gasteiger partial charge >= 0.3 is 5.97 Å². The van der Waals surface area contributed by atoms with Gasteiger partial charge in [-0.15, -0.1) is 0 Å². The van der Waals surface area contributed by atoms with Crippen LogP contribution in [0.4, 0.5) is 10.1 Å². The molecule has 0 aliphatic heterocycles. The highest BCUT2D eigenvalue weighted by Gasteiger charge is 2.52. The zero-order valence-corrected chi connectivity index (χ0v) is 12.7. The van der Waals surface area contributed by atoms with Gasteiger partial charge in [0.1, 0.15) is 5.82 Å². The fourth-order valence-electron chi connectivity index (χ4n) is 2.66. The molecule has 1 fully saturated rings. The molecule has 116 valence electrons. The van der Waals surface area contributed by atoms with Gasteiger partial charge in [0.15, 0.2) is 5.54 Å². The van der Waals surface area contributed by atoms with Crippen molar-refractivity contribution in [3.05, 3.63) is 29.6 Å². The van der Waals surface area contributed by atoms with Gasteiger partial charge in [0.05, 0.1) is 13.2 Å². The van der Waals surface area contributed by atoms with Gasteiger partial charge in [-0.3, -0.25) is 0 Å². The van der Waals surface area contributed by atoms with Crippen molar-refractivity contribution < 1.29 is 18.7 Å². The van der Waals surface area contributed by atoms with Gasteiger partial charge in [0, 0.05) is 12.8 Å². The van der Waals surface area contributed by atoms with Crippen LogP contribution < -0.4 is 5.32 Å². The molecule has 4 nitrogen and oxygen atoms in total. The van der Waals surface area contributed by atoms with E-state index in [-0.39, 0.29) is 24.3 Å². The molecular formula is C16H22FNO3. The van der Waals surface area contributed by atoms with Gasteiger partial charge in [0.25, 0.3) is 0 Å². The largest absolute Gasteiger partial charge is 0.464 e. The zero-order chi connectivity index (χ0) is 15.5. The van der Waals surface area contributed by atoms with E-state index in [4.69, 9.17) is 9.47 Å². The highest BCUT2D eigenvalue weighted by Crippen LogP contribution is 2.42. The van der Waals surface area contributed by atoms with Crippen molar-refractivity contribution in [2.24, 2.45) is 5.92 Å². The molecule has 1 saturated carbocycles. The molecule has 1 aromatic rings. The Bertz CT molecular complexity index is 496. The lowest BCUT2D eigenvalue weighted by atomic mass is 9.93. The molecule has 0 aromatic heterocycles. The van der Waals surface area contributed by atoms with Gasteiger partial charge in [-0.25, -0.2) is 9.18 Å². The third kappa shape index (κ3) is 3.53. The lowest BCUT2D eigenvalue weighted by molar-refractivity contribution is -0.151. The van der Waals surface area contributed by atoms with Crippen LogP contribution in [0.5, 0.6) is 0 Å². The minimum Gasteiger partial charge on any atom is -0.464 e. The maximum Gasteiger partial charge on any atom is 0.334 e. The Morgan fingerprint density at radius 3 is 2.67 bits per heavy atom. The lowest BCUT2D eigenvalue weighted by Crippen LogP contribution is -2.53. The summed E-state index contributed by atoms with van der Waals surface area (Å²) in [5.74, 6) is -0.514. The Morgan fingerprint density at radius 2 is 2.14 bits per heavy atom. The molecule has 0 heterocycles. The van der Waals surface area contributed by atoms with Crippen LogP contribution in [-0.2, 0) is 14.3 Å². The van der Waals surface area contributed by atoms with Gasteiger partial charge < -0.3 is 14.8 Å². The number of carbonyl (C=O) groups excluding carboxylic acids is 1. The molecule has 1 unspecified atom stereocenters. The number of rotatable bonds is 7. The standard InChI is InChI=1S/C16H22FNO3/c1-4-21-15(19)16(10-20-3,12-5-6-12)18-14-8-11(2)7-13(17)9-14/h7-9,12,18H,4-6,10H2,1-3H3. The first-order valence-electron chi connectivity index (χ1n) is 7.23. The molecular weight excluding hydrogens is 273 g/mol. The lowest BCUT2D eigenvalue weighted by Gasteiger charge is -2.33. The Balaban J connectivity index is 2.32. The van der Waals surface area contributed by atoms with Gasteiger partial charge in [-0.1, -0.05) is 0 Å². The van der Waals surface area contributed by atoms with Gasteiger partial charge in [-0.2, -0.15) is 0 Å². The number of esters is 1. The second-order valence-electron chi connectivity index (χ2n) is 5.54. The average Bonchev–Trinajstić information content (AvgIpc) is 3.21. The van der Waals surface area contributed by atoms with Crippen LogP contribution in [0.25, 0.3) is 0 Å². The fourth-order valence-corrected chi connectivity index (χ4v) is 2.66. The summed E-state index contributed by atoms with van der Waals surface area (Å²) in [7, 11) is 1.55. The van der Waals surface area contributed by atoms with Crippen LogP contribution in [0.1, 0.15) is 25.3 Å². The van der Waals surface area contributed by atoms with E-state index in [9.17, 15) is 9.18 Å². The molecule has 0 bridgehead atoms. The quantitative estimate of drug-likeness (QED) is 0.786. The van der Waals surface area contributed by atoms with E-state index in [1.807, 2.05) is 13.0 Å². The van der Waals surface area contributed by atoms with E-state index in [0.29, 0.717) is 12.3 Å². The number of nitrogens with one attached hydrogen (secondary N) is 1. The summed E-state index contributed by atoms with van der Waals surface area (Å²) in [4.78, 5) is 12.5. The summed E-state index contributed by atoms with van der Waals surface area (Å²) in [5, 5.41) is 3.18.